The zero-order valence-electron chi connectivity index (χ0n) is 12.0. The first-order chi connectivity index (χ1) is 9.49. The molecule has 0 aliphatic carbocycles. The predicted molar refractivity (Wildman–Crippen MR) is 74.0 cm³/mol. The maximum Gasteiger partial charge on any atom is 0.216 e. The van der Waals surface area contributed by atoms with Gasteiger partial charge in [0.05, 0.1) is 24.4 Å². The van der Waals surface area contributed by atoms with Crippen molar-refractivity contribution in [1.82, 2.24) is 10.2 Å². The molecule has 2 aliphatic rings. The highest BCUT2D eigenvalue weighted by Crippen LogP contribution is 2.32. The van der Waals surface area contributed by atoms with E-state index in [9.17, 15) is 20.1 Å². The van der Waals surface area contributed by atoms with Gasteiger partial charge in [0.1, 0.15) is 0 Å². The Morgan fingerprint density at radius 3 is 2.65 bits per heavy atom. The smallest absolute Gasteiger partial charge is 0.216 e. The minimum Gasteiger partial charge on any atom is -0.391 e. The van der Waals surface area contributed by atoms with Crippen molar-refractivity contribution in [3.8, 4) is 0 Å². The molecule has 6 nitrogen and oxygen atoms in total. The first kappa shape index (κ1) is 15.7. The maximum absolute atomic E-state index is 10.7. The molecule has 0 aromatic heterocycles. The molecule has 0 bridgehead atoms. The van der Waals surface area contributed by atoms with Gasteiger partial charge in [-0.2, -0.15) is 0 Å². The molecular formula is C14H26N2O4. The molecule has 0 unspecified atom stereocenters. The average molecular weight is 286 g/mol. The fourth-order valence-corrected chi connectivity index (χ4v) is 3.50. The molecule has 2 aliphatic heterocycles. The molecule has 2 heterocycles. The summed E-state index contributed by atoms with van der Waals surface area (Å²) >= 11 is 0. The van der Waals surface area contributed by atoms with Gasteiger partial charge in [0, 0.05) is 26.6 Å². The molecule has 0 aromatic rings. The number of carbonyl (C=O) groups is 1. The van der Waals surface area contributed by atoms with Gasteiger partial charge in [-0.05, 0) is 25.2 Å². The fraction of sp³-hybridized carbons (Fsp3) is 0.929. The zero-order valence-corrected chi connectivity index (χ0v) is 12.0. The van der Waals surface area contributed by atoms with Crippen LogP contribution in [-0.4, -0.2) is 70.1 Å². The lowest BCUT2D eigenvalue weighted by Gasteiger charge is -2.39. The van der Waals surface area contributed by atoms with Crippen LogP contribution in [0.2, 0.25) is 0 Å². The van der Waals surface area contributed by atoms with Gasteiger partial charge < -0.3 is 20.6 Å². The number of aliphatic hydroxyl groups excluding tert-OH is 3. The van der Waals surface area contributed by atoms with Gasteiger partial charge in [-0.25, -0.2) is 0 Å². The largest absolute Gasteiger partial charge is 0.391 e. The normalized spacial score (nSPS) is 37.7. The van der Waals surface area contributed by atoms with E-state index >= 15 is 0 Å². The van der Waals surface area contributed by atoms with Crippen LogP contribution in [0.1, 0.15) is 32.6 Å². The Bertz CT molecular complexity index is 339. The molecule has 2 rings (SSSR count). The lowest BCUT2D eigenvalue weighted by Crippen LogP contribution is -2.52. The summed E-state index contributed by atoms with van der Waals surface area (Å²) in [4.78, 5) is 12.8. The van der Waals surface area contributed by atoms with Gasteiger partial charge in [0.2, 0.25) is 5.91 Å². The van der Waals surface area contributed by atoms with Gasteiger partial charge in [0.25, 0.3) is 0 Å². The quantitative estimate of drug-likeness (QED) is 0.491. The topological polar surface area (TPSA) is 93.0 Å². The average Bonchev–Trinajstić information content (AvgIpc) is 2.64. The number of carbonyl (C=O) groups excluding carboxylic acids is 1. The van der Waals surface area contributed by atoms with Crippen molar-refractivity contribution in [3.05, 3.63) is 0 Å². The second-order valence-corrected chi connectivity index (χ2v) is 6.15. The number of nitrogens with zero attached hydrogens (tertiary/aromatic N) is 1. The Hall–Kier alpha value is -0.690. The Labute approximate surface area is 119 Å². The summed E-state index contributed by atoms with van der Waals surface area (Å²) in [5.74, 6) is 0.400. The lowest BCUT2D eigenvalue weighted by atomic mass is 9.86. The van der Waals surface area contributed by atoms with Crippen LogP contribution in [0.25, 0.3) is 0 Å². The van der Waals surface area contributed by atoms with Gasteiger partial charge >= 0.3 is 0 Å². The first-order valence-corrected chi connectivity index (χ1v) is 7.51. The summed E-state index contributed by atoms with van der Waals surface area (Å²) in [5, 5.41) is 32.5. The van der Waals surface area contributed by atoms with Gasteiger partial charge in [-0.1, -0.05) is 6.42 Å². The summed E-state index contributed by atoms with van der Waals surface area (Å²) in [5.41, 5.74) is 0. The highest BCUT2D eigenvalue weighted by molar-refractivity contribution is 5.72. The summed E-state index contributed by atoms with van der Waals surface area (Å²) in [6.07, 6.45) is 1.52. The minimum absolute atomic E-state index is 0.000900. The van der Waals surface area contributed by atoms with Crippen LogP contribution in [0, 0.1) is 5.92 Å². The standard InChI is InChI=1S/C14H26N2O4/c1-9(17)15-5-3-2-4-10-6-11(18)13-14(20)12(19)8-16(13)7-10/h10-14,18-20H,2-8H2,1H3,(H,15,17)/t10-,11+,12+,13+,14+/m0/s1. The summed E-state index contributed by atoms with van der Waals surface area (Å²) < 4.78 is 0. The Morgan fingerprint density at radius 1 is 1.20 bits per heavy atom. The third kappa shape index (κ3) is 3.69. The second-order valence-electron chi connectivity index (χ2n) is 6.15. The van der Waals surface area contributed by atoms with Crippen LogP contribution in [-0.2, 0) is 4.79 Å². The SMILES string of the molecule is CC(=O)NCCCC[C@H]1C[C@@H](O)[C@@H]2[C@H](O)[C@H](O)CN2C1. The summed E-state index contributed by atoms with van der Waals surface area (Å²) in [6.45, 7) is 3.50. The summed E-state index contributed by atoms with van der Waals surface area (Å²) in [7, 11) is 0. The molecule has 2 saturated heterocycles. The third-order valence-corrected chi connectivity index (χ3v) is 4.46. The summed E-state index contributed by atoms with van der Waals surface area (Å²) in [6, 6.07) is -0.305. The Kier molecular flexibility index (Phi) is 5.37. The predicted octanol–water partition coefficient (Wildman–Crippen LogP) is -0.920. The lowest BCUT2D eigenvalue weighted by molar-refractivity contribution is -0.118. The number of aliphatic hydroxyl groups is 3. The molecule has 1 amide bonds. The van der Waals surface area contributed by atoms with Crippen molar-refractivity contribution in [3.63, 3.8) is 0 Å². The molecule has 4 N–H and O–H groups in total. The number of amides is 1. The first-order valence-electron chi connectivity index (χ1n) is 7.51. The van der Waals surface area contributed by atoms with Crippen molar-refractivity contribution in [1.29, 1.82) is 0 Å². The van der Waals surface area contributed by atoms with E-state index < -0.39 is 18.3 Å². The monoisotopic (exact) mass is 286 g/mol. The van der Waals surface area contributed by atoms with E-state index in [2.05, 4.69) is 5.32 Å². The van der Waals surface area contributed by atoms with Crippen molar-refractivity contribution in [2.45, 2.75) is 57.0 Å². The van der Waals surface area contributed by atoms with E-state index in [4.69, 9.17) is 0 Å². The van der Waals surface area contributed by atoms with Crippen molar-refractivity contribution < 1.29 is 20.1 Å². The molecule has 0 aromatic carbocycles. The van der Waals surface area contributed by atoms with Crippen molar-refractivity contribution in [2.24, 2.45) is 5.92 Å². The number of unbranched alkanes of at least 4 members (excludes halogenated alkanes) is 1. The van der Waals surface area contributed by atoms with Gasteiger partial charge in [-0.15, -0.1) is 0 Å². The van der Waals surface area contributed by atoms with Crippen LogP contribution in [0.15, 0.2) is 0 Å². The van der Waals surface area contributed by atoms with Crippen LogP contribution in [0.4, 0.5) is 0 Å². The van der Waals surface area contributed by atoms with Gasteiger partial charge in [0.15, 0.2) is 0 Å². The van der Waals surface area contributed by atoms with Crippen LogP contribution >= 0.6 is 0 Å². The van der Waals surface area contributed by atoms with Crippen LogP contribution in [0.5, 0.6) is 0 Å². The van der Waals surface area contributed by atoms with Gasteiger partial charge in [-0.3, -0.25) is 9.69 Å². The van der Waals surface area contributed by atoms with E-state index in [1.165, 1.54) is 6.92 Å². The number of rotatable bonds is 5. The maximum atomic E-state index is 10.7. The molecule has 0 spiro atoms. The molecular weight excluding hydrogens is 260 g/mol. The zero-order chi connectivity index (χ0) is 14.7. The molecule has 5 atom stereocenters. The van der Waals surface area contributed by atoms with Crippen LogP contribution < -0.4 is 5.32 Å². The number of piperidine rings is 1. The molecule has 6 heteroatoms. The molecule has 0 saturated carbocycles. The molecule has 2 fully saturated rings. The van der Waals surface area contributed by atoms with E-state index in [0.29, 0.717) is 25.4 Å². The van der Waals surface area contributed by atoms with E-state index in [0.717, 1.165) is 25.8 Å². The molecule has 0 radical (unpaired) electrons. The Morgan fingerprint density at radius 2 is 1.95 bits per heavy atom. The van der Waals surface area contributed by atoms with E-state index in [1.807, 2.05) is 4.90 Å². The number of hydrogen-bond acceptors (Lipinski definition) is 5. The van der Waals surface area contributed by atoms with E-state index in [1.54, 1.807) is 0 Å². The highest BCUT2D eigenvalue weighted by Gasteiger charge is 2.47. The van der Waals surface area contributed by atoms with Crippen LogP contribution in [0.3, 0.4) is 0 Å². The molecule has 116 valence electrons. The van der Waals surface area contributed by atoms with Crippen molar-refractivity contribution >= 4 is 5.91 Å². The van der Waals surface area contributed by atoms with Crippen molar-refractivity contribution in [2.75, 3.05) is 19.6 Å². The number of fused-ring (bicyclic) bond motifs is 1. The third-order valence-electron chi connectivity index (χ3n) is 4.46. The highest BCUT2D eigenvalue weighted by atomic mass is 16.3. The number of nitrogens with one attached hydrogen (secondary N) is 1. The minimum atomic E-state index is -0.828. The Balaban J connectivity index is 1.72. The van der Waals surface area contributed by atoms with E-state index in [-0.39, 0.29) is 11.9 Å². The number of hydrogen-bond donors (Lipinski definition) is 4. The fourth-order valence-electron chi connectivity index (χ4n) is 3.50. The second kappa shape index (κ2) is 6.85. The molecule has 20 heavy (non-hydrogen) atoms.